The average molecular weight is 299 g/mol. The number of piperidine rings is 1. The van der Waals surface area contributed by atoms with Gasteiger partial charge in [0.05, 0.1) is 5.92 Å². The zero-order valence-corrected chi connectivity index (χ0v) is 12.9. The molecule has 0 bridgehead atoms. The molecular weight excluding hydrogens is 278 g/mol. The number of hydrogen-bond acceptors (Lipinski definition) is 2. The van der Waals surface area contributed by atoms with E-state index in [-0.39, 0.29) is 23.8 Å². The lowest BCUT2D eigenvalue weighted by atomic mass is 9.92. The van der Waals surface area contributed by atoms with Gasteiger partial charge in [-0.3, -0.25) is 9.59 Å². The minimum Gasteiger partial charge on any atom is -0.369 e. The highest BCUT2D eigenvalue weighted by Crippen LogP contribution is 2.25. The number of hydrogen-bond donors (Lipinski definition) is 2. The van der Waals surface area contributed by atoms with E-state index < -0.39 is 0 Å². The van der Waals surface area contributed by atoms with Crippen LogP contribution in [0.3, 0.4) is 0 Å². The van der Waals surface area contributed by atoms with Gasteiger partial charge in [-0.05, 0) is 44.4 Å². The van der Waals surface area contributed by atoms with Gasteiger partial charge in [0.15, 0.2) is 0 Å². The van der Waals surface area contributed by atoms with Crippen LogP contribution in [0.25, 0.3) is 10.9 Å². The van der Waals surface area contributed by atoms with Gasteiger partial charge >= 0.3 is 0 Å². The van der Waals surface area contributed by atoms with E-state index in [1.54, 1.807) is 4.90 Å². The predicted octanol–water partition coefficient (Wildman–Crippen LogP) is 2.20. The highest BCUT2D eigenvalue weighted by molar-refractivity contribution is 5.98. The molecule has 5 nitrogen and oxygen atoms in total. The molecular formula is C17H21N3O2. The van der Waals surface area contributed by atoms with Gasteiger partial charge in [-0.15, -0.1) is 0 Å². The van der Waals surface area contributed by atoms with Crippen molar-refractivity contribution in [2.45, 2.75) is 32.7 Å². The molecule has 22 heavy (non-hydrogen) atoms. The lowest BCUT2D eigenvalue weighted by Crippen LogP contribution is -2.48. The predicted molar refractivity (Wildman–Crippen MR) is 85.5 cm³/mol. The second kappa shape index (κ2) is 5.48. The number of aromatic amines is 1. The third-order valence-corrected chi connectivity index (χ3v) is 4.55. The van der Waals surface area contributed by atoms with Gasteiger partial charge in [0.2, 0.25) is 5.91 Å². The van der Waals surface area contributed by atoms with E-state index >= 15 is 0 Å². The Hall–Kier alpha value is -2.30. The first-order valence-corrected chi connectivity index (χ1v) is 7.65. The maximum Gasteiger partial charge on any atom is 0.270 e. The number of primary amides is 1. The maximum absolute atomic E-state index is 12.8. The summed E-state index contributed by atoms with van der Waals surface area (Å²) in [6.07, 6.45) is 1.56. The van der Waals surface area contributed by atoms with Crippen molar-refractivity contribution in [3.05, 3.63) is 35.5 Å². The van der Waals surface area contributed by atoms with E-state index in [2.05, 4.69) is 4.98 Å². The SMILES string of the molecule is Cc1ccc2cc(C(=O)N3CC(C(N)=O)CCC3C)[nH]c2c1. The number of amides is 2. The second-order valence-electron chi connectivity index (χ2n) is 6.26. The number of aromatic nitrogens is 1. The normalized spacial score (nSPS) is 22.0. The van der Waals surface area contributed by atoms with E-state index in [4.69, 9.17) is 5.73 Å². The summed E-state index contributed by atoms with van der Waals surface area (Å²) in [5, 5.41) is 1.02. The number of rotatable bonds is 2. The second-order valence-corrected chi connectivity index (χ2v) is 6.26. The van der Waals surface area contributed by atoms with Crippen molar-refractivity contribution in [2.24, 2.45) is 11.7 Å². The number of likely N-dealkylation sites (tertiary alicyclic amines) is 1. The molecule has 1 aromatic carbocycles. The minimum absolute atomic E-state index is 0.0627. The van der Waals surface area contributed by atoms with Crippen molar-refractivity contribution in [1.82, 2.24) is 9.88 Å². The molecule has 1 aromatic heterocycles. The van der Waals surface area contributed by atoms with Crippen molar-refractivity contribution >= 4 is 22.7 Å². The van der Waals surface area contributed by atoms with Gasteiger partial charge in [-0.2, -0.15) is 0 Å². The zero-order chi connectivity index (χ0) is 15.9. The molecule has 1 aliphatic rings. The fraction of sp³-hybridized carbons (Fsp3) is 0.412. The van der Waals surface area contributed by atoms with Crippen molar-refractivity contribution in [3.8, 4) is 0 Å². The molecule has 1 saturated heterocycles. The number of nitrogens with two attached hydrogens (primary N) is 1. The van der Waals surface area contributed by atoms with Crippen LogP contribution in [0.5, 0.6) is 0 Å². The van der Waals surface area contributed by atoms with Crippen LogP contribution in [0.15, 0.2) is 24.3 Å². The van der Waals surface area contributed by atoms with Crippen LogP contribution in [-0.2, 0) is 4.79 Å². The number of aryl methyl sites for hydroxylation is 1. The molecule has 116 valence electrons. The molecule has 1 fully saturated rings. The van der Waals surface area contributed by atoms with Crippen molar-refractivity contribution < 1.29 is 9.59 Å². The smallest absolute Gasteiger partial charge is 0.270 e. The van der Waals surface area contributed by atoms with Crippen molar-refractivity contribution in [2.75, 3.05) is 6.54 Å². The molecule has 0 spiro atoms. The number of fused-ring (bicyclic) bond motifs is 1. The molecule has 0 aliphatic carbocycles. The fourth-order valence-electron chi connectivity index (χ4n) is 3.13. The topological polar surface area (TPSA) is 79.2 Å². The average Bonchev–Trinajstić information content (AvgIpc) is 2.89. The van der Waals surface area contributed by atoms with Gasteiger partial charge in [-0.1, -0.05) is 12.1 Å². The van der Waals surface area contributed by atoms with E-state index in [0.29, 0.717) is 12.2 Å². The number of nitrogens with one attached hydrogen (secondary N) is 1. The van der Waals surface area contributed by atoms with Gasteiger partial charge in [0.25, 0.3) is 5.91 Å². The highest BCUT2D eigenvalue weighted by atomic mass is 16.2. The van der Waals surface area contributed by atoms with E-state index in [1.807, 2.05) is 38.1 Å². The quantitative estimate of drug-likeness (QED) is 0.891. The molecule has 2 atom stereocenters. The molecule has 3 N–H and O–H groups in total. The lowest BCUT2D eigenvalue weighted by molar-refractivity contribution is -0.123. The van der Waals surface area contributed by atoms with Crippen LogP contribution in [0, 0.1) is 12.8 Å². The van der Waals surface area contributed by atoms with E-state index in [1.165, 1.54) is 0 Å². The maximum atomic E-state index is 12.8. The Balaban J connectivity index is 1.88. The first-order valence-electron chi connectivity index (χ1n) is 7.65. The highest BCUT2D eigenvalue weighted by Gasteiger charge is 2.32. The van der Waals surface area contributed by atoms with Crippen molar-refractivity contribution in [3.63, 3.8) is 0 Å². The third kappa shape index (κ3) is 2.58. The number of benzene rings is 1. The minimum atomic E-state index is -0.322. The zero-order valence-electron chi connectivity index (χ0n) is 12.9. The summed E-state index contributed by atoms with van der Waals surface area (Å²) >= 11 is 0. The molecule has 0 saturated carbocycles. The summed E-state index contributed by atoms with van der Waals surface area (Å²) in [5.74, 6) is -0.629. The van der Waals surface area contributed by atoms with Gasteiger partial charge in [-0.25, -0.2) is 0 Å². The molecule has 3 rings (SSSR count). The first-order chi connectivity index (χ1) is 10.5. The van der Waals surface area contributed by atoms with Gasteiger partial charge < -0.3 is 15.6 Å². The van der Waals surface area contributed by atoms with Crippen LogP contribution in [0.4, 0.5) is 0 Å². The Morgan fingerprint density at radius 3 is 2.77 bits per heavy atom. The summed E-state index contributed by atoms with van der Waals surface area (Å²) in [6.45, 7) is 4.44. The Morgan fingerprint density at radius 2 is 2.05 bits per heavy atom. The molecule has 2 heterocycles. The summed E-state index contributed by atoms with van der Waals surface area (Å²) in [6, 6.07) is 8.05. The van der Waals surface area contributed by atoms with Crippen LogP contribution in [0.1, 0.15) is 35.8 Å². The molecule has 2 aromatic rings. The van der Waals surface area contributed by atoms with Crippen LogP contribution in [-0.4, -0.2) is 34.3 Å². The number of H-pyrrole nitrogens is 1. The van der Waals surface area contributed by atoms with Crippen LogP contribution in [0.2, 0.25) is 0 Å². The number of carbonyl (C=O) groups is 2. The van der Waals surface area contributed by atoms with Gasteiger partial charge in [0.1, 0.15) is 5.69 Å². The Labute approximate surface area is 129 Å². The molecule has 5 heteroatoms. The molecule has 0 radical (unpaired) electrons. The fourth-order valence-corrected chi connectivity index (χ4v) is 3.13. The summed E-state index contributed by atoms with van der Waals surface area (Å²) in [5.41, 5.74) is 8.08. The van der Waals surface area contributed by atoms with Crippen molar-refractivity contribution in [1.29, 1.82) is 0 Å². The largest absolute Gasteiger partial charge is 0.369 e. The molecule has 2 unspecified atom stereocenters. The summed E-state index contributed by atoms with van der Waals surface area (Å²) in [7, 11) is 0. The summed E-state index contributed by atoms with van der Waals surface area (Å²) in [4.78, 5) is 29.1. The van der Waals surface area contributed by atoms with Crippen LogP contribution >= 0.6 is 0 Å². The number of nitrogens with zero attached hydrogens (tertiary/aromatic N) is 1. The molecule has 1 aliphatic heterocycles. The Kier molecular flexibility index (Phi) is 3.64. The number of carbonyl (C=O) groups excluding carboxylic acids is 2. The van der Waals surface area contributed by atoms with Gasteiger partial charge in [0, 0.05) is 23.5 Å². The third-order valence-electron chi connectivity index (χ3n) is 4.55. The molecule has 2 amide bonds. The Morgan fingerprint density at radius 1 is 1.27 bits per heavy atom. The van der Waals surface area contributed by atoms with Crippen LogP contribution < -0.4 is 5.73 Å². The lowest BCUT2D eigenvalue weighted by Gasteiger charge is -2.36. The first kappa shape index (κ1) is 14.6. The van der Waals surface area contributed by atoms with E-state index in [9.17, 15) is 9.59 Å². The van der Waals surface area contributed by atoms with E-state index in [0.717, 1.165) is 29.3 Å². The Bertz CT molecular complexity index is 735. The standard InChI is InChI=1S/C17H21N3O2/c1-10-3-5-12-8-15(19-14(12)7-10)17(22)20-9-13(16(18)21)6-4-11(20)2/h3,5,7-8,11,13,19H,4,6,9H2,1-2H3,(H2,18,21). The summed E-state index contributed by atoms with van der Waals surface area (Å²) < 4.78 is 0. The monoisotopic (exact) mass is 299 g/mol.